The van der Waals surface area contributed by atoms with Crippen LogP contribution in [0.2, 0.25) is 5.02 Å². The first-order chi connectivity index (χ1) is 5.65. The predicted octanol–water partition coefficient (Wildman–Crippen LogP) is 3.19. The molecule has 0 heterocycles. The molecule has 0 aliphatic carbocycles. The Balaban J connectivity index is 3.20. The number of rotatable bonds is 2. The topological polar surface area (TPSA) is 17.1 Å². The van der Waals surface area contributed by atoms with E-state index >= 15 is 0 Å². The van der Waals surface area contributed by atoms with Gasteiger partial charge in [-0.1, -0.05) is 30.3 Å². The molecule has 0 unspecified atom stereocenters. The number of carbonyl (C=O) groups excluding carboxylic acids is 1. The second kappa shape index (κ2) is 3.55. The highest BCUT2D eigenvalue weighted by Gasteiger charge is 2.04. The zero-order valence-corrected chi connectivity index (χ0v) is 7.56. The van der Waals surface area contributed by atoms with Crippen molar-refractivity contribution in [2.24, 2.45) is 0 Å². The Bertz CT molecular complexity index is 329. The van der Waals surface area contributed by atoms with Crippen LogP contribution in [0.25, 0.3) is 6.08 Å². The number of ketones is 1. The lowest BCUT2D eigenvalue weighted by Crippen LogP contribution is -1.92. The van der Waals surface area contributed by atoms with Crippen LogP contribution in [0.5, 0.6) is 0 Å². The Morgan fingerprint density at radius 2 is 2.25 bits per heavy atom. The average Bonchev–Trinajstić information content (AvgIpc) is 2.03. The molecule has 0 N–H and O–H groups in total. The highest BCUT2D eigenvalue weighted by atomic mass is 35.5. The van der Waals surface area contributed by atoms with E-state index in [-0.39, 0.29) is 5.78 Å². The first-order valence-electron chi connectivity index (χ1n) is 3.58. The first-order valence-corrected chi connectivity index (χ1v) is 3.96. The van der Waals surface area contributed by atoms with Crippen LogP contribution in [-0.4, -0.2) is 5.78 Å². The van der Waals surface area contributed by atoms with E-state index in [2.05, 4.69) is 6.58 Å². The van der Waals surface area contributed by atoms with Crippen LogP contribution in [-0.2, 0) is 0 Å². The van der Waals surface area contributed by atoms with Crippen molar-refractivity contribution in [1.29, 1.82) is 0 Å². The van der Waals surface area contributed by atoms with Crippen LogP contribution < -0.4 is 0 Å². The summed E-state index contributed by atoms with van der Waals surface area (Å²) in [5.74, 6) is -0.0180. The molecule has 1 nitrogen and oxygen atoms in total. The summed E-state index contributed by atoms with van der Waals surface area (Å²) >= 11 is 5.83. The van der Waals surface area contributed by atoms with Crippen molar-refractivity contribution in [2.45, 2.75) is 6.92 Å². The van der Waals surface area contributed by atoms with Crippen molar-refractivity contribution in [3.05, 3.63) is 40.9 Å². The smallest absolute Gasteiger partial charge is 0.161 e. The lowest BCUT2D eigenvalue weighted by Gasteiger charge is -2.00. The molecule has 2 heteroatoms. The lowest BCUT2D eigenvalue weighted by molar-refractivity contribution is 0.101. The molecule has 0 aliphatic heterocycles. The molecule has 0 spiro atoms. The van der Waals surface area contributed by atoms with Gasteiger partial charge in [0.15, 0.2) is 5.78 Å². The molecule has 1 rings (SSSR count). The van der Waals surface area contributed by atoms with Gasteiger partial charge in [0.25, 0.3) is 0 Å². The van der Waals surface area contributed by atoms with Crippen LogP contribution in [0, 0.1) is 0 Å². The normalized spacial score (nSPS) is 9.50. The molecule has 0 radical (unpaired) electrons. The van der Waals surface area contributed by atoms with Gasteiger partial charge in [-0.25, -0.2) is 0 Å². The zero-order chi connectivity index (χ0) is 9.14. The molecular weight excluding hydrogens is 172 g/mol. The van der Waals surface area contributed by atoms with Crippen LogP contribution >= 0.6 is 11.6 Å². The summed E-state index contributed by atoms with van der Waals surface area (Å²) < 4.78 is 0. The maximum atomic E-state index is 11.0. The van der Waals surface area contributed by atoms with Gasteiger partial charge in [-0.15, -0.1) is 0 Å². The molecule has 0 fully saturated rings. The van der Waals surface area contributed by atoms with Crippen molar-refractivity contribution in [2.75, 3.05) is 0 Å². The van der Waals surface area contributed by atoms with E-state index in [4.69, 9.17) is 11.6 Å². The van der Waals surface area contributed by atoms with E-state index in [0.717, 1.165) is 5.56 Å². The SMILES string of the molecule is C=Cc1ccc(C(C)=O)c(Cl)c1. The second-order valence-electron chi connectivity index (χ2n) is 2.50. The summed E-state index contributed by atoms with van der Waals surface area (Å²) in [5.41, 5.74) is 1.48. The molecule has 0 saturated heterocycles. The maximum absolute atomic E-state index is 11.0. The highest BCUT2D eigenvalue weighted by molar-refractivity contribution is 6.34. The summed E-state index contributed by atoms with van der Waals surface area (Å²) in [6.45, 7) is 5.10. The molecule has 1 aromatic carbocycles. The average molecular weight is 181 g/mol. The van der Waals surface area contributed by atoms with Crippen LogP contribution in [0.15, 0.2) is 24.8 Å². The maximum Gasteiger partial charge on any atom is 0.161 e. The van der Waals surface area contributed by atoms with Crippen LogP contribution in [0.4, 0.5) is 0 Å². The summed E-state index contributed by atoms with van der Waals surface area (Å²) in [6.07, 6.45) is 1.69. The molecular formula is C10H9ClO. The van der Waals surface area contributed by atoms with Gasteiger partial charge < -0.3 is 0 Å². The highest BCUT2D eigenvalue weighted by Crippen LogP contribution is 2.18. The fourth-order valence-electron chi connectivity index (χ4n) is 0.944. The van der Waals surface area contributed by atoms with Gasteiger partial charge in [-0.05, 0) is 24.6 Å². The van der Waals surface area contributed by atoms with Gasteiger partial charge in [0.2, 0.25) is 0 Å². The predicted molar refractivity (Wildman–Crippen MR) is 51.5 cm³/mol. The summed E-state index contributed by atoms with van der Waals surface area (Å²) in [6, 6.07) is 5.25. The summed E-state index contributed by atoms with van der Waals surface area (Å²) in [4.78, 5) is 11.0. The number of Topliss-reactive ketones (excluding diaryl/α,β-unsaturated/α-hetero) is 1. The Labute approximate surface area is 76.7 Å². The van der Waals surface area contributed by atoms with Crippen molar-refractivity contribution in [3.63, 3.8) is 0 Å². The van der Waals surface area contributed by atoms with Gasteiger partial charge in [0.05, 0.1) is 5.02 Å². The monoisotopic (exact) mass is 180 g/mol. The molecule has 0 aromatic heterocycles. The fourth-order valence-corrected chi connectivity index (χ4v) is 1.27. The number of benzene rings is 1. The minimum Gasteiger partial charge on any atom is -0.294 e. The molecule has 1 aromatic rings. The van der Waals surface area contributed by atoms with Crippen molar-refractivity contribution >= 4 is 23.5 Å². The fraction of sp³-hybridized carbons (Fsp3) is 0.100. The third-order valence-electron chi connectivity index (χ3n) is 1.61. The largest absolute Gasteiger partial charge is 0.294 e. The number of hydrogen-bond acceptors (Lipinski definition) is 1. The Hall–Kier alpha value is -1.08. The number of hydrogen-bond donors (Lipinski definition) is 0. The van der Waals surface area contributed by atoms with E-state index in [1.807, 2.05) is 6.07 Å². The molecule has 0 aliphatic rings. The van der Waals surface area contributed by atoms with E-state index < -0.39 is 0 Å². The van der Waals surface area contributed by atoms with Crippen molar-refractivity contribution < 1.29 is 4.79 Å². The van der Waals surface area contributed by atoms with Gasteiger partial charge in [-0.2, -0.15) is 0 Å². The standard InChI is InChI=1S/C10H9ClO/c1-3-8-4-5-9(7(2)12)10(11)6-8/h3-6H,1H2,2H3. The summed E-state index contributed by atoms with van der Waals surface area (Å²) in [7, 11) is 0. The Kier molecular flexibility index (Phi) is 2.66. The molecule has 0 atom stereocenters. The number of halogens is 1. The van der Waals surface area contributed by atoms with E-state index in [1.165, 1.54) is 6.92 Å². The van der Waals surface area contributed by atoms with Crippen LogP contribution in [0.3, 0.4) is 0 Å². The quantitative estimate of drug-likeness (QED) is 0.639. The van der Waals surface area contributed by atoms with E-state index in [9.17, 15) is 4.79 Å². The van der Waals surface area contributed by atoms with Gasteiger partial charge in [-0.3, -0.25) is 4.79 Å². The van der Waals surface area contributed by atoms with E-state index in [1.54, 1.807) is 18.2 Å². The second-order valence-corrected chi connectivity index (χ2v) is 2.91. The van der Waals surface area contributed by atoms with Crippen LogP contribution in [0.1, 0.15) is 22.8 Å². The minimum atomic E-state index is -0.0180. The zero-order valence-electron chi connectivity index (χ0n) is 6.80. The third kappa shape index (κ3) is 1.74. The number of carbonyl (C=O) groups is 1. The van der Waals surface area contributed by atoms with E-state index in [0.29, 0.717) is 10.6 Å². The summed E-state index contributed by atoms with van der Waals surface area (Å²) in [5, 5.41) is 0.486. The lowest BCUT2D eigenvalue weighted by atomic mass is 10.1. The molecule has 0 bridgehead atoms. The molecule has 0 amide bonds. The van der Waals surface area contributed by atoms with Crippen molar-refractivity contribution in [3.8, 4) is 0 Å². The third-order valence-corrected chi connectivity index (χ3v) is 1.92. The first kappa shape index (κ1) is 9.01. The van der Waals surface area contributed by atoms with Gasteiger partial charge in [0.1, 0.15) is 0 Å². The molecule has 62 valence electrons. The van der Waals surface area contributed by atoms with Gasteiger partial charge in [0, 0.05) is 5.56 Å². The van der Waals surface area contributed by atoms with Crippen molar-refractivity contribution in [1.82, 2.24) is 0 Å². The minimum absolute atomic E-state index is 0.0180. The Morgan fingerprint density at radius 3 is 2.67 bits per heavy atom. The molecule has 12 heavy (non-hydrogen) atoms. The Morgan fingerprint density at radius 1 is 1.58 bits per heavy atom. The molecule has 0 saturated carbocycles. The van der Waals surface area contributed by atoms with Gasteiger partial charge >= 0.3 is 0 Å².